The van der Waals surface area contributed by atoms with Crippen molar-refractivity contribution in [1.29, 1.82) is 0 Å². The summed E-state index contributed by atoms with van der Waals surface area (Å²) in [6.45, 7) is 4.52. The van der Waals surface area contributed by atoms with E-state index in [1.54, 1.807) is 18.3 Å². The Hall–Kier alpha value is -2.49. The minimum atomic E-state index is -3.66. The lowest BCUT2D eigenvalue weighted by Crippen LogP contribution is -2.48. The van der Waals surface area contributed by atoms with E-state index in [0.717, 1.165) is 0 Å². The number of sulfonamides is 1. The summed E-state index contributed by atoms with van der Waals surface area (Å²) in [4.78, 5) is 23.9. The first kappa shape index (κ1) is 21.2. The van der Waals surface area contributed by atoms with Crippen LogP contribution in [0.15, 0.2) is 58.4 Å². The highest BCUT2D eigenvalue weighted by molar-refractivity contribution is 7.89. The van der Waals surface area contributed by atoms with Crippen LogP contribution in [0.25, 0.3) is 0 Å². The van der Waals surface area contributed by atoms with Crippen LogP contribution < -0.4 is 5.56 Å². The number of hydrogen-bond acceptors (Lipinski definition) is 6. The number of rotatable bonds is 6. The van der Waals surface area contributed by atoms with Gasteiger partial charge in [0.25, 0.3) is 5.56 Å². The molecule has 0 radical (unpaired) electrons. The highest BCUT2D eigenvalue weighted by Crippen LogP contribution is 2.21. The second kappa shape index (κ2) is 8.89. The summed E-state index contributed by atoms with van der Waals surface area (Å²) in [5, 5.41) is 0. The number of nitrogens with zero attached hydrogens (tertiary/aromatic N) is 2. The molecule has 2 unspecified atom stereocenters. The van der Waals surface area contributed by atoms with Gasteiger partial charge in [0.05, 0.1) is 29.2 Å². The molecule has 1 fully saturated rings. The fourth-order valence-corrected chi connectivity index (χ4v) is 4.79. The van der Waals surface area contributed by atoms with Gasteiger partial charge in [-0.05, 0) is 44.2 Å². The summed E-state index contributed by atoms with van der Waals surface area (Å²) >= 11 is 0. The standard InChI is InChI=1S/C20H24N2O6S/c1-15-13-22(14-16(2)28-15)29(25,26)18-8-6-17(7-9-18)20(24)27-12-11-21-10-4-3-5-19(21)23/h3-10,15-16H,11-14H2,1-2H3. The molecule has 3 rings (SSSR count). The summed E-state index contributed by atoms with van der Waals surface area (Å²) in [6, 6.07) is 10.4. The Balaban J connectivity index is 1.62. The molecule has 1 aromatic heterocycles. The van der Waals surface area contributed by atoms with Gasteiger partial charge in [-0.15, -0.1) is 0 Å². The second-order valence-electron chi connectivity index (χ2n) is 6.97. The molecule has 156 valence electrons. The first-order valence-corrected chi connectivity index (χ1v) is 10.8. The molecule has 9 heteroatoms. The number of morpholine rings is 1. The summed E-state index contributed by atoms with van der Waals surface area (Å²) in [5.41, 5.74) is 0.0675. The number of hydrogen-bond donors (Lipinski definition) is 0. The van der Waals surface area contributed by atoms with Gasteiger partial charge in [-0.1, -0.05) is 6.07 Å². The van der Waals surface area contributed by atoms with Gasteiger partial charge in [0.2, 0.25) is 10.0 Å². The average molecular weight is 420 g/mol. The Morgan fingerprint density at radius 1 is 1.10 bits per heavy atom. The quantitative estimate of drug-likeness (QED) is 0.658. The number of ether oxygens (including phenoxy) is 2. The van der Waals surface area contributed by atoms with E-state index in [0.29, 0.717) is 0 Å². The topological polar surface area (TPSA) is 94.9 Å². The summed E-state index contributed by atoms with van der Waals surface area (Å²) < 4.78 is 39.3. The predicted octanol–water partition coefficient (Wildman–Crippen LogP) is 1.50. The van der Waals surface area contributed by atoms with Gasteiger partial charge >= 0.3 is 5.97 Å². The Bertz CT molecular complexity index is 1010. The third-order valence-corrected chi connectivity index (χ3v) is 6.42. The van der Waals surface area contributed by atoms with Crippen molar-refractivity contribution in [3.63, 3.8) is 0 Å². The molecular formula is C20H24N2O6S. The lowest BCUT2D eigenvalue weighted by molar-refractivity contribution is -0.0440. The van der Waals surface area contributed by atoms with Crippen LogP contribution in [-0.4, -0.2) is 55.2 Å². The zero-order valence-electron chi connectivity index (χ0n) is 16.4. The van der Waals surface area contributed by atoms with Crippen molar-refractivity contribution in [3.8, 4) is 0 Å². The minimum Gasteiger partial charge on any atom is -0.460 e. The molecule has 1 aromatic carbocycles. The third kappa shape index (κ3) is 5.11. The van der Waals surface area contributed by atoms with E-state index in [1.165, 1.54) is 39.2 Å². The van der Waals surface area contributed by atoms with Crippen molar-refractivity contribution in [2.45, 2.75) is 37.5 Å². The molecule has 0 amide bonds. The van der Waals surface area contributed by atoms with Crippen molar-refractivity contribution >= 4 is 16.0 Å². The molecule has 2 aromatic rings. The van der Waals surface area contributed by atoms with E-state index in [-0.39, 0.29) is 54.5 Å². The predicted molar refractivity (Wildman–Crippen MR) is 106 cm³/mol. The normalized spacial score (nSPS) is 20.3. The van der Waals surface area contributed by atoms with Crippen LogP contribution in [0.3, 0.4) is 0 Å². The molecule has 0 saturated carbocycles. The maximum absolute atomic E-state index is 12.8. The van der Waals surface area contributed by atoms with Gasteiger partial charge in [0.15, 0.2) is 0 Å². The van der Waals surface area contributed by atoms with Crippen molar-refractivity contribution in [2.75, 3.05) is 19.7 Å². The zero-order chi connectivity index (χ0) is 21.0. The van der Waals surface area contributed by atoms with Crippen LogP contribution >= 0.6 is 0 Å². The molecule has 29 heavy (non-hydrogen) atoms. The highest BCUT2D eigenvalue weighted by Gasteiger charge is 2.32. The largest absolute Gasteiger partial charge is 0.460 e. The van der Waals surface area contributed by atoms with Crippen LogP contribution in [0.1, 0.15) is 24.2 Å². The highest BCUT2D eigenvalue weighted by atomic mass is 32.2. The van der Waals surface area contributed by atoms with Gasteiger partial charge in [-0.2, -0.15) is 4.31 Å². The molecular weight excluding hydrogens is 396 g/mol. The molecule has 2 heterocycles. The first-order chi connectivity index (χ1) is 13.8. The average Bonchev–Trinajstić information content (AvgIpc) is 2.68. The van der Waals surface area contributed by atoms with Crippen molar-refractivity contribution in [2.24, 2.45) is 0 Å². The van der Waals surface area contributed by atoms with E-state index < -0.39 is 16.0 Å². The number of carbonyl (C=O) groups is 1. The summed E-state index contributed by atoms with van der Waals surface area (Å²) in [5.74, 6) is -0.577. The van der Waals surface area contributed by atoms with Crippen LogP contribution in [0.5, 0.6) is 0 Å². The number of aromatic nitrogens is 1. The maximum Gasteiger partial charge on any atom is 0.338 e. The van der Waals surface area contributed by atoms with Crippen LogP contribution in [-0.2, 0) is 26.0 Å². The Morgan fingerprint density at radius 2 is 1.76 bits per heavy atom. The van der Waals surface area contributed by atoms with Gasteiger partial charge in [0, 0.05) is 25.4 Å². The fourth-order valence-electron chi connectivity index (χ4n) is 3.20. The van der Waals surface area contributed by atoms with Crippen LogP contribution in [0.2, 0.25) is 0 Å². The molecule has 1 aliphatic heterocycles. The lowest BCUT2D eigenvalue weighted by atomic mass is 10.2. The first-order valence-electron chi connectivity index (χ1n) is 9.35. The molecule has 2 atom stereocenters. The number of carbonyl (C=O) groups excluding carboxylic acids is 1. The molecule has 0 bridgehead atoms. The number of esters is 1. The number of pyridine rings is 1. The Kier molecular flexibility index (Phi) is 6.51. The van der Waals surface area contributed by atoms with Crippen molar-refractivity contribution in [3.05, 3.63) is 64.6 Å². The molecule has 0 spiro atoms. The molecule has 0 aliphatic carbocycles. The van der Waals surface area contributed by atoms with E-state index in [1.807, 2.05) is 13.8 Å². The van der Waals surface area contributed by atoms with Gasteiger partial charge in [-0.3, -0.25) is 4.79 Å². The molecule has 0 N–H and O–H groups in total. The second-order valence-corrected chi connectivity index (χ2v) is 8.91. The molecule has 1 aliphatic rings. The Labute approximate surface area is 169 Å². The maximum atomic E-state index is 12.8. The number of benzene rings is 1. The minimum absolute atomic E-state index is 0.0341. The van der Waals surface area contributed by atoms with E-state index in [9.17, 15) is 18.0 Å². The van der Waals surface area contributed by atoms with E-state index in [2.05, 4.69) is 0 Å². The zero-order valence-corrected chi connectivity index (χ0v) is 17.2. The van der Waals surface area contributed by atoms with Crippen LogP contribution in [0, 0.1) is 0 Å². The van der Waals surface area contributed by atoms with E-state index in [4.69, 9.17) is 9.47 Å². The van der Waals surface area contributed by atoms with Gasteiger partial charge in [0.1, 0.15) is 6.61 Å². The summed E-state index contributed by atoms with van der Waals surface area (Å²) in [6.07, 6.45) is 1.25. The smallest absolute Gasteiger partial charge is 0.338 e. The Morgan fingerprint density at radius 3 is 2.38 bits per heavy atom. The van der Waals surface area contributed by atoms with E-state index >= 15 is 0 Å². The molecule has 1 saturated heterocycles. The summed E-state index contributed by atoms with van der Waals surface area (Å²) in [7, 11) is -3.66. The third-order valence-electron chi connectivity index (χ3n) is 4.58. The van der Waals surface area contributed by atoms with Crippen LogP contribution in [0.4, 0.5) is 0 Å². The lowest BCUT2D eigenvalue weighted by Gasteiger charge is -2.34. The fraction of sp³-hybridized carbons (Fsp3) is 0.400. The van der Waals surface area contributed by atoms with Gasteiger partial charge in [-0.25, -0.2) is 13.2 Å². The van der Waals surface area contributed by atoms with Gasteiger partial charge < -0.3 is 14.0 Å². The molecule has 8 nitrogen and oxygen atoms in total. The van der Waals surface area contributed by atoms with Crippen molar-refractivity contribution in [1.82, 2.24) is 8.87 Å². The SMILES string of the molecule is CC1CN(S(=O)(=O)c2ccc(C(=O)OCCn3ccccc3=O)cc2)CC(C)O1. The monoisotopic (exact) mass is 420 g/mol. The van der Waals surface area contributed by atoms with Crippen molar-refractivity contribution < 1.29 is 22.7 Å².